The molecule has 1 amide bonds. The number of piperidine rings is 1. The predicted octanol–water partition coefficient (Wildman–Crippen LogP) is 1.22. The highest BCUT2D eigenvalue weighted by atomic mass is 35.5. The van der Waals surface area contributed by atoms with Crippen LogP contribution in [0.25, 0.3) is 0 Å². The van der Waals surface area contributed by atoms with Crippen molar-refractivity contribution >= 4 is 17.5 Å². The third-order valence-electron chi connectivity index (χ3n) is 3.28. The largest absolute Gasteiger partial charge is 0.340 e. The van der Waals surface area contributed by atoms with Gasteiger partial charge in [0.2, 0.25) is 5.91 Å². The van der Waals surface area contributed by atoms with Gasteiger partial charge in [-0.1, -0.05) is 0 Å². The SMILES string of the molecule is O=C(CCl)N1CCC[C@@H](NCC2CC2)C1. The Morgan fingerprint density at radius 3 is 2.87 bits per heavy atom. The van der Waals surface area contributed by atoms with Gasteiger partial charge in [-0.15, -0.1) is 11.6 Å². The van der Waals surface area contributed by atoms with Gasteiger partial charge in [0.15, 0.2) is 0 Å². The van der Waals surface area contributed by atoms with E-state index in [0.717, 1.165) is 32.0 Å². The van der Waals surface area contributed by atoms with E-state index in [2.05, 4.69) is 5.32 Å². The standard InChI is InChI=1S/C11H19ClN2O/c12-6-11(15)14-5-1-2-10(8-14)13-7-9-3-4-9/h9-10,13H,1-8H2/t10-/m1/s1. The minimum atomic E-state index is 0.0783. The third-order valence-corrected chi connectivity index (χ3v) is 3.51. The number of likely N-dealkylation sites (tertiary alicyclic amines) is 1. The first-order valence-electron chi connectivity index (χ1n) is 5.86. The molecule has 0 spiro atoms. The quantitative estimate of drug-likeness (QED) is 0.737. The number of hydrogen-bond donors (Lipinski definition) is 1. The number of hydrogen-bond acceptors (Lipinski definition) is 2. The molecule has 0 radical (unpaired) electrons. The van der Waals surface area contributed by atoms with Crippen LogP contribution in [0.3, 0.4) is 0 Å². The Kier molecular flexibility index (Phi) is 3.87. The second-order valence-corrected chi connectivity index (χ2v) is 4.93. The molecule has 2 fully saturated rings. The van der Waals surface area contributed by atoms with Crippen LogP contribution >= 0.6 is 11.6 Å². The molecule has 1 saturated carbocycles. The third kappa shape index (κ3) is 3.35. The van der Waals surface area contributed by atoms with Crippen molar-refractivity contribution in [2.75, 3.05) is 25.5 Å². The second kappa shape index (κ2) is 5.17. The van der Waals surface area contributed by atoms with E-state index < -0.39 is 0 Å². The highest BCUT2D eigenvalue weighted by Gasteiger charge is 2.26. The summed E-state index contributed by atoms with van der Waals surface area (Å²) in [7, 11) is 0. The number of carbonyl (C=O) groups excluding carboxylic acids is 1. The molecule has 2 rings (SSSR count). The van der Waals surface area contributed by atoms with Crippen LogP contribution in [0.15, 0.2) is 0 Å². The van der Waals surface area contributed by atoms with Crippen molar-refractivity contribution in [3.63, 3.8) is 0 Å². The van der Waals surface area contributed by atoms with E-state index in [1.54, 1.807) is 0 Å². The lowest BCUT2D eigenvalue weighted by Crippen LogP contribution is -2.48. The molecule has 0 unspecified atom stereocenters. The Hall–Kier alpha value is -0.280. The fourth-order valence-corrected chi connectivity index (χ4v) is 2.28. The van der Waals surface area contributed by atoms with Crippen molar-refractivity contribution in [3.8, 4) is 0 Å². The molecule has 0 bridgehead atoms. The number of nitrogens with one attached hydrogen (secondary N) is 1. The molecule has 1 heterocycles. The van der Waals surface area contributed by atoms with Gasteiger partial charge in [-0.05, 0) is 38.1 Å². The maximum atomic E-state index is 11.4. The predicted molar refractivity (Wildman–Crippen MR) is 61.0 cm³/mol. The molecule has 1 aliphatic carbocycles. The summed E-state index contributed by atoms with van der Waals surface area (Å²) in [5.74, 6) is 1.11. The van der Waals surface area contributed by atoms with Crippen LogP contribution in [0.2, 0.25) is 0 Å². The van der Waals surface area contributed by atoms with Crippen molar-refractivity contribution in [2.24, 2.45) is 5.92 Å². The molecule has 0 aromatic rings. The van der Waals surface area contributed by atoms with Crippen LogP contribution in [0, 0.1) is 5.92 Å². The van der Waals surface area contributed by atoms with Crippen LogP contribution < -0.4 is 5.32 Å². The molecular formula is C11H19ClN2O. The summed E-state index contributed by atoms with van der Waals surface area (Å²) < 4.78 is 0. The maximum Gasteiger partial charge on any atom is 0.237 e. The molecule has 1 N–H and O–H groups in total. The van der Waals surface area contributed by atoms with Crippen molar-refractivity contribution in [3.05, 3.63) is 0 Å². The highest BCUT2D eigenvalue weighted by molar-refractivity contribution is 6.27. The van der Waals surface area contributed by atoms with Crippen LogP contribution in [0.1, 0.15) is 25.7 Å². The monoisotopic (exact) mass is 230 g/mol. The first-order chi connectivity index (χ1) is 7.29. The summed E-state index contributed by atoms with van der Waals surface area (Å²) in [6.07, 6.45) is 5.05. The first-order valence-corrected chi connectivity index (χ1v) is 6.40. The highest BCUT2D eigenvalue weighted by Crippen LogP contribution is 2.28. The van der Waals surface area contributed by atoms with Gasteiger partial charge in [-0.2, -0.15) is 0 Å². The van der Waals surface area contributed by atoms with E-state index >= 15 is 0 Å². The van der Waals surface area contributed by atoms with E-state index in [-0.39, 0.29) is 11.8 Å². The summed E-state index contributed by atoms with van der Waals surface area (Å²) in [5, 5.41) is 3.56. The van der Waals surface area contributed by atoms with Gasteiger partial charge in [-0.25, -0.2) is 0 Å². The summed E-state index contributed by atoms with van der Waals surface area (Å²) in [6.45, 7) is 2.86. The average Bonchev–Trinajstić information content (AvgIpc) is 3.09. The molecule has 1 aliphatic heterocycles. The van der Waals surface area contributed by atoms with Crippen LogP contribution in [0.4, 0.5) is 0 Å². The van der Waals surface area contributed by atoms with Crippen LogP contribution in [-0.2, 0) is 4.79 Å². The number of amides is 1. The van der Waals surface area contributed by atoms with E-state index in [9.17, 15) is 4.79 Å². The normalized spacial score (nSPS) is 26.7. The lowest BCUT2D eigenvalue weighted by Gasteiger charge is -2.33. The topological polar surface area (TPSA) is 32.3 Å². The summed E-state index contributed by atoms with van der Waals surface area (Å²) in [6, 6.07) is 0.492. The fourth-order valence-electron chi connectivity index (χ4n) is 2.11. The van der Waals surface area contributed by atoms with Crippen molar-refractivity contribution in [2.45, 2.75) is 31.7 Å². The summed E-state index contributed by atoms with van der Waals surface area (Å²) >= 11 is 5.56. The first kappa shape index (κ1) is 11.2. The van der Waals surface area contributed by atoms with Gasteiger partial charge in [0, 0.05) is 19.1 Å². The minimum Gasteiger partial charge on any atom is -0.340 e. The Labute approximate surface area is 96.2 Å². The molecule has 86 valence electrons. The van der Waals surface area contributed by atoms with E-state index in [1.807, 2.05) is 4.90 Å². The zero-order chi connectivity index (χ0) is 10.7. The molecule has 3 nitrogen and oxygen atoms in total. The minimum absolute atomic E-state index is 0.0783. The molecular weight excluding hydrogens is 212 g/mol. The molecule has 1 atom stereocenters. The molecule has 15 heavy (non-hydrogen) atoms. The smallest absolute Gasteiger partial charge is 0.237 e. The van der Waals surface area contributed by atoms with E-state index in [0.29, 0.717) is 6.04 Å². The van der Waals surface area contributed by atoms with Crippen LogP contribution in [0.5, 0.6) is 0 Å². The van der Waals surface area contributed by atoms with Gasteiger partial charge in [0.05, 0.1) is 0 Å². The van der Waals surface area contributed by atoms with Gasteiger partial charge in [0.25, 0.3) is 0 Å². The van der Waals surface area contributed by atoms with Gasteiger partial charge in [-0.3, -0.25) is 4.79 Å². The van der Waals surface area contributed by atoms with Crippen molar-refractivity contribution in [1.29, 1.82) is 0 Å². The van der Waals surface area contributed by atoms with Gasteiger partial charge >= 0.3 is 0 Å². The molecule has 4 heteroatoms. The molecule has 2 aliphatic rings. The molecule has 0 aromatic heterocycles. The zero-order valence-corrected chi connectivity index (χ0v) is 9.80. The lowest BCUT2D eigenvalue weighted by molar-refractivity contribution is -0.129. The number of carbonyl (C=O) groups is 1. The second-order valence-electron chi connectivity index (χ2n) is 4.66. The number of nitrogens with zero attached hydrogens (tertiary/aromatic N) is 1. The van der Waals surface area contributed by atoms with Crippen molar-refractivity contribution < 1.29 is 4.79 Å². The van der Waals surface area contributed by atoms with E-state index in [4.69, 9.17) is 11.6 Å². The Bertz CT molecular complexity index is 231. The lowest BCUT2D eigenvalue weighted by atomic mass is 10.1. The molecule has 1 saturated heterocycles. The average molecular weight is 231 g/mol. The Morgan fingerprint density at radius 2 is 2.20 bits per heavy atom. The Morgan fingerprint density at radius 1 is 1.40 bits per heavy atom. The van der Waals surface area contributed by atoms with Crippen molar-refractivity contribution in [1.82, 2.24) is 10.2 Å². The van der Waals surface area contributed by atoms with Crippen LogP contribution in [-0.4, -0.2) is 42.4 Å². The maximum absolute atomic E-state index is 11.4. The summed E-state index contributed by atoms with van der Waals surface area (Å²) in [5.41, 5.74) is 0. The number of alkyl halides is 1. The fraction of sp³-hybridized carbons (Fsp3) is 0.909. The van der Waals surface area contributed by atoms with Gasteiger partial charge < -0.3 is 10.2 Å². The zero-order valence-electron chi connectivity index (χ0n) is 9.04. The Balaban J connectivity index is 1.72. The molecule has 0 aromatic carbocycles. The summed E-state index contributed by atoms with van der Waals surface area (Å²) in [4.78, 5) is 13.3. The number of halogens is 1. The number of rotatable bonds is 4. The van der Waals surface area contributed by atoms with Gasteiger partial charge in [0.1, 0.15) is 5.88 Å². The van der Waals surface area contributed by atoms with E-state index in [1.165, 1.54) is 19.3 Å².